The molecule has 5 nitrogen and oxygen atoms in total. The zero-order valence-electron chi connectivity index (χ0n) is 13.9. The van der Waals surface area contributed by atoms with Crippen molar-refractivity contribution in [3.8, 4) is 11.5 Å². The number of benzene rings is 1. The molecule has 5 heteroatoms. The van der Waals surface area contributed by atoms with E-state index < -0.39 is 0 Å². The molecule has 1 saturated carbocycles. The number of rotatable bonds is 5. The maximum atomic E-state index is 6.00. The number of hydrogen-bond acceptors (Lipinski definition) is 3. The minimum Gasteiger partial charge on any atom is -0.454 e. The van der Waals surface area contributed by atoms with Crippen LogP contribution in [0.1, 0.15) is 51.0 Å². The molecule has 0 unspecified atom stereocenters. The fourth-order valence-corrected chi connectivity index (χ4v) is 3.54. The number of aliphatic imine (C=N–C) groups is 1. The van der Waals surface area contributed by atoms with Gasteiger partial charge in [0.05, 0.1) is 6.54 Å². The van der Waals surface area contributed by atoms with Gasteiger partial charge in [-0.25, -0.2) is 0 Å². The van der Waals surface area contributed by atoms with Crippen LogP contribution in [0.5, 0.6) is 11.5 Å². The molecule has 0 aromatic heterocycles. The third-order valence-electron chi connectivity index (χ3n) is 4.90. The molecule has 23 heavy (non-hydrogen) atoms. The Balaban J connectivity index is 1.82. The molecule has 1 fully saturated rings. The predicted octanol–water partition coefficient (Wildman–Crippen LogP) is 2.93. The summed E-state index contributed by atoms with van der Waals surface area (Å²) in [6.07, 6.45) is 7.13. The van der Waals surface area contributed by atoms with E-state index in [0.29, 0.717) is 12.8 Å². The van der Waals surface area contributed by atoms with Crippen LogP contribution in [0, 0.1) is 0 Å². The van der Waals surface area contributed by atoms with E-state index in [0.717, 1.165) is 43.9 Å². The van der Waals surface area contributed by atoms with Gasteiger partial charge in [0.2, 0.25) is 6.79 Å². The number of nitrogens with one attached hydrogen (secondary N) is 1. The van der Waals surface area contributed by atoms with Gasteiger partial charge in [-0.2, -0.15) is 0 Å². The number of hydrogen-bond donors (Lipinski definition) is 2. The first-order valence-corrected chi connectivity index (χ1v) is 8.67. The van der Waals surface area contributed by atoms with E-state index in [-0.39, 0.29) is 5.41 Å². The van der Waals surface area contributed by atoms with Gasteiger partial charge in [0.1, 0.15) is 0 Å². The fourth-order valence-electron chi connectivity index (χ4n) is 3.54. The molecule has 0 radical (unpaired) electrons. The zero-order chi connectivity index (χ0) is 16.1. The zero-order valence-corrected chi connectivity index (χ0v) is 13.9. The van der Waals surface area contributed by atoms with Gasteiger partial charge < -0.3 is 20.5 Å². The molecule has 1 aliphatic heterocycles. The Labute approximate surface area is 138 Å². The molecule has 0 bridgehead atoms. The highest BCUT2D eigenvalue weighted by Crippen LogP contribution is 2.43. The van der Waals surface area contributed by atoms with Crippen molar-refractivity contribution in [3.63, 3.8) is 0 Å². The second kappa shape index (κ2) is 7.11. The number of nitrogens with zero attached hydrogens (tertiary/aromatic N) is 1. The summed E-state index contributed by atoms with van der Waals surface area (Å²) < 4.78 is 11.0. The Kier molecular flexibility index (Phi) is 4.94. The monoisotopic (exact) mass is 317 g/mol. The Bertz CT molecular complexity index is 565. The van der Waals surface area contributed by atoms with Crippen molar-refractivity contribution < 1.29 is 9.47 Å². The van der Waals surface area contributed by atoms with Crippen LogP contribution in [0.25, 0.3) is 0 Å². The normalized spacial score (nSPS) is 19.6. The molecule has 0 saturated heterocycles. The molecule has 3 N–H and O–H groups in total. The summed E-state index contributed by atoms with van der Waals surface area (Å²) in [6.45, 7) is 4.04. The smallest absolute Gasteiger partial charge is 0.231 e. The van der Waals surface area contributed by atoms with Crippen LogP contribution in [0.2, 0.25) is 0 Å². The van der Waals surface area contributed by atoms with Crippen LogP contribution in [-0.2, 0) is 5.41 Å². The van der Waals surface area contributed by atoms with E-state index in [4.69, 9.17) is 15.2 Å². The Hall–Kier alpha value is -1.91. The highest BCUT2D eigenvalue weighted by molar-refractivity contribution is 5.77. The van der Waals surface area contributed by atoms with E-state index in [1.165, 1.54) is 24.8 Å². The van der Waals surface area contributed by atoms with Gasteiger partial charge in [0.25, 0.3) is 0 Å². The maximum absolute atomic E-state index is 6.00. The molecule has 0 amide bonds. The summed E-state index contributed by atoms with van der Waals surface area (Å²) >= 11 is 0. The number of guanidine groups is 1. The molecule has 0 spiro atoms. The van der Waals surface area contributed by atoms with Gasteiger partial charge in [-0.3, -0.25) is 4.99 Å². The van der Waals surface area contributed by atoms with Gasteiger partial charge >= 0.3 is 0 Å². The average molecular weight is 317 g/mol. The van der Waals surface area contributed by atoms with Crippen LogP contribution in [-0.4, -0.2) is 25.8 Å². The lowest BCUT2D eigenvalue weighted by Gasteiger charge is -2.36. The predicted molar refractivity (Wildman–Crippen MR) is 92.1 cm³/mol. The fraction of sp³-hybridized carbons (Fsp3) is 0.611. The van der Waals surface area contributed by atoms with E-state index >= 15 is 0 Å². The molecule has 0 atom stereocenters. The molecular formula is C18H27N3O2. The van der Waals surface area contributed by atoms with E-state index in [9.17, 15) is 0 Å². The highest BCUT2D eigenvalue weighted by Gasteiger charge is 2.35. The minimum absolute atomic E-state index is 0.0672. The molecule has 1 heterocycles. The van der Waals surface area contributed by atoms with Crippen molar-refractivity contribution in [1.82, 2.24) is 5.32 Å². The van der Waals surface area contributed by atoms with Crippen molar-refractivity contribution in [2.45, 2.75) is 50.9 Å². The summed E-state index contributed by atoms with van der Waals surface area (Å²) in [6, 6.07) is 6.33. The van der Waals surface area contributed by atoms with Crippen molar-refractivity contribution in [2.75, 3.05) is 19.9 Å². The van der Waals surface area contributed by atoms with Crippen LogP contribution in [0.15, 0.2) is 23.2 Å². The second-order valence-corrected chi connectivity index (χ2v) is 6.54. The first-order valence-electron chi connectivity index (χ1n) is 8.67. The molecule has 2 aliphatic rings. The quantitative estimate of drug-likeness (QED) is 0.647. The summed E-state index contributed by atoms with van der Waals surface area (Å²) in [5.41, 5.74) is 7.37. The van der Waals surface area contributed by atoms with Crippen LogP contribution >= 0.6 is 0 Å². The van der Waals surface area contributed by atoms with Gasteiger partial charge in [-0.05, 0) is 37.0 Å². The SMILES string of the molecule is CCCNC(N)=NCC1(c2ccc3c(c2)OCO3)CCCCC1. The summed E-state index contributed by atoms with van der Waals surface area (Å²) in [7, 11) is 0. The first-order chi connectivity index (χ1) is 11.2. The first kappa shape index (κ1) is 16.0. The summed E-state index contributed by atoms with van der Waals surface area (Å²) in [4.78, 5) is 4.64. The highest BCUT2D eigenvalue weighted by atomic mass is 16.7. The Morgan fingerprint density at radius 2 is 2.00 bits per heavy atom. The maximum Gasteiger partial charge on any atom is 0.231 e. The standard InChI is InChI=1S/C18H27N3O2/c1-2-10-20-17(19)21-12-18(8-4-3-5-9-18)14-6-7-15-16(11-14)23-13-22-15/h6-7,11H,2-5,8-10,12-13H2,1H3,(H3,19,20,21). The van der Waals surface area contributed by atoms with Gasteiger partial charge in [-0.1, -0.05) is 32.3 Å². The van der Waals surface area contributed by atoms with Crippen molar-refractivity contribution in [1.29, 1.82) is 0 Å². The molecule has 1 aliphatic carbocycles. The van der Waals surface area contributed by atoms with Crippen LogP contribution < -0.4 is 20.5 Å². The number of fused-ring (bicyclic) bond motifs is 1. The Morgan fingerprint density at radius 3 is 2.78 bits per heavy atom. The third kappa shape index (κ3) is 3.54. The summed E-state index contributed by atoms with van der Waals surface area (Å²) in [5, 5.41) is 3.17. The topological polar surface area (TPSA) is 68.9 Å². The van der Waals surface area contributed by atoms with Crippen molar-refractivity contribution in [3.05, 3.63) is 23.8 Å². The van der Waals surface area contributed by atoms with Gasteiger partial charge in [0, 0.05) is 12.0 Å². The van der Waals surface area contributed by atoms with Crippen molar-refractivity contribution >= 4 is 5.96 Å². The second-order valence-electron chi connectivity index (χ2n) is 6.54. The summed E-state index contributed by atoms with van der Waals surface area (Å²) in [5.74, 6) is 2.25. The average Bonchev–Trinajstić information content (AvgIpc) is 3.06. The Morgan fingerprint density at radius 1 is 1.22 bits per heavy atom. The van der Waals surface area contributed by atoms with Gasteiger partial charge in [-0.15, -0.1) is 0 Å². The van der Waals surface area contributed by atoms with E-state index in [1.54, 1.807) is 0 Å². The third-order valence-corrected chi connectivity index (χ3v) is 4.90. The lowest BCUT2D eigenvalue weighted by molar-refractivity contribution is 0.174. The lowest BCUT2D eigenvalue weighted by atomic mass is 9.69. The van der Waals surface area contributed by atoms with Crippen LogP contribution in [0.4, 0.5) is 0 Å². The number of ether oxygens (including phenoxy) is 2. The molecule has 1 aromatic carbocycles. The molecule has 1 aromatic rings. The minimum atomic E-state index is 0.0672. The molecular weight excluding hydrogens is 290 g/mol. The molecule has 126 valence electrons. The van der Waals surface area contributed by atoms with Crippen molar-refractivity contribution in [2.24, 2.45) is 10.7 Å². The van der Waals surface area contributed by atoms with E-state index in [2.05, 4.69) is 29.4 Å². The van der Waals surface area contributed by atoms with Crippen LogP contribution in [0.3, 0.4) is 0 Å². The number of nitrogens with two attached hydrogens (primary N) is 1. The van der Waals surface area contributed by atoms with Gasteiger partial charge in [0.15, 0.2) is 17.5 Å². The van der Waals surface area contributed by atoms with E-state index in [1.807, 2.05) is 6.07 Å². The lowest BCUT2D eigenvalue weighted by Crippen LogP contribution is -2.37. The largest absolute Gasteiger partial charge is 0.454 e. The molecule has 3 rings (SSSR count).